The fourth-order valence-electron chi connectivity index (χ4n) is 0.962. The zero-order valence-electron chi connectivity index (χ0n) is 6.70. The Morgan fingerprint density at radius 2 is 2.55 bits per heavy atom. The zero-order chi connectivity index (χ0) is 8.27. The molecule has 0 aliphatic heterocycles. The summed E-state index contributed by atoms with van der Waals surface area (Å²) < 4.78 is 1.90. The largest absolute Gasteiger partial charge is 0.335 e. The van der Waals surface area contributed by atoms with Crippen LogP contribution >= 0.6 is 0 Å². The summed E-state index contributed by atoms with van der Waals surface area (Å²) in [5.41, 5.74) is 1.01. The van der Waals surface area contributed by atoms with E-state index < -0.39 is 0 Å². The van der Waals surface area contributed by atoms with Crippen molar-refractivity contribution in [1.29, 1.82) is 0 Å². The maximum absolute atomic E-state index is 5.29. The van der Waals surface area contributed by atoms with Gasteiger partial charge in [-0.2, -0.15) is 0 Å². The minimum absolute atomic E-state index is 0.0394. The van der Waals surface area contributed by atoms with E-state index in [9.17, 15) is 0 Å². The molecule has 11 heavy (non-hydrogen) atoms. The monoisotopic (exact) mass is 149 g/mol. The molecule has 1 atom stereocenters. The van der Waals surface area contributed by atoms with Crippen molar-refractivity contribution in [2.45, 2.75) is 6.04 Å². The second-order valence-electron chi connectivity index (χ2n) is 2.32. The van der Waals surface area contributed by atoms with Gasteiger partial charge in [0.15, 0.2) is 0 Å². The molecule has 0 spiro atoms. The topological polar surface area (TPSA) is 29.9 Å². The van der Waals surface area contributed by atoms with Crippen molar-refractivity contribution >= 4 is 0 Å². The molecule has 0 aliphatic carbocycles. The number of hydrogen-bond donors (Lipinski definition) is 1. The van der Waals surface area contributed by atoms with Crippen LogP contribution < -0.4 is 5.32 Å². The van der Waals surface area contributed by atoms with Crippen molar-refractivity contribution in [3.63, 3.8) is 0 Å². The fourth-order valence-corrected chi connectivity index (χ4v) is 0.962. The fraction of sp³-hybridized carbons (Fsp3) is 0.375. The summed E-state index contributed by atoms with van der Waals surface area (Å²) in [7, 11) is 3.75. The lowest BCUT2D eigenvalue weighted by Crippen LogP contribution is -2.16. The third-order valence-corrected chi connectivity index (χ3v) is 1.61. The van der Waals surface area contributed by atoms with Gasteiger partial charge in [-0.1, -0.05) is 5.92 Å². The van der Waals surface area contributed by atoms with E-state index in [2.05, 4.69) is 16.2 Å². The summed E-state index contributed by atoms with van der Waals surface area (Å²) in [6, 6.07) is -0.0394. The van der Waals surface area contributed by atoms with Crippen LogP contribution in [0, 0.1) is 12.3 Å². The number of imidazole rings is 1. The van der Waals surface area contributed by atoms with Crippen molar-refractivity contribution in [3.05, 3.63) is 18.2 Å². The van der Waals surface area contributed by atoms with Crippen LogP contribution in [0.4, 0.5) is 0 Å². The van der Waals surface area contributed by atoms with Crippen LogP contribution in [-0.2, 0) is 7.05 Å². The Hall–Kier alpha value is -1.27. The highest BCUT2D eigenvalue weighted by Gasteiger charge is 2.07. The van der Waals surface area contributed by atoms with Crippen LogP contribution in [-0.4, -0.2) is 16.6 Å². The molecule has 58 valence electrons. The first-order chi connectivity index (χ1) is 5.29. The summed E-state index contributed by atoms with van der Waals surface area (Å²) in [5.74, 6) is 2.62. The molecule has 1 aromatic rings. The third kappa shape index (κ3) is 1.41. The smallest absolute Gasteiger partial charge is 0.111 e. The quantitative estimate of drug-likeness (QED) is 0.613. The maximum Gasteiger partial charge on any atom is 0.111 e. The molecule has 0 radical (unpaired) electrons. The number of nitrogens with one attached hydrogen (secondary N) is 1. The molecule has 1 aromatic heterocycles. The summed E-state index contributed by atoms with van der Waals surface area (Å²) in [6.45, 7) is 0. The minimum Gasteiger partial charge on any atom is -0.335 e. The molecular formula is C8H11N3. The van der Waals surface area contributed by atoms with Crippen LogP contribution in [0.1, 0.15) is 11.7 Å². The minimum atomic E-state index is -0.0394. The standard InChI is InChI=1S/C8H11N3/c1-4-7(9-2)8-5-10-6-11(8)3/h1,5-7,9H,2-3H3. The van der Waals surface area contributed by atoms with Gasteiger partial charge in [-0.25, -0.2) is 4.98 Å². The Balaban J connectivity index is 2.92. The van der Waals surface area contributed by atoms with Crippen LogP contribution in [0.5, 0.6) is 0 Å². The Kier molecular flexibility index (Phi) is 2.29. The lowest BCUT2D eigenvalue weighted by atomic mass is 10.2. The molecule has 3 heteroatoms. The molecule has 0 saturated carbocycles. The normalized spacial score (nSPS) is 12.5. The Bertz CT molecular complexity index is 269. The van der Waals surface area contributed by atoms with Gasteiger partial charge < -0.3 is 9.88 Å². The van der Waals surface area contributed by atoms with Crippen LogP contribution in [0.2, 0.25) is 0 Å². The van der Waals surface area contributed by atoms with Gasteiger partial charge in [0.1, 0.15) is 6.04 Å². The summed E-state index contributed by atoms with van der Waals surface area (Å²) in [6.07, 6.45) is 8.79. The van der Waals surface area contributed by atoms with Gasteiger partial charge in [0.2, 0.25) is 0 Å². The van der Waals surface area contributed by atoms with E-state index >= 15 is 0 Å². The Morgan fingerprint density at radius 1 is 1.82 bits per heavy atom. The highest BCUT2D eigenvalue weighted by molar-refractivity contribution is 5.16. The Labute approximate surface area is 66.4 Å². The van der Waals surface area contributed by atoms with Gasteiger partial charge in [0.25, 0.3) is 0 Å². The molecule has 1 unspecified atom stereocenters. The number of hydrogen-bond acceptors (Lipinski definition) is 2. The van der Waals surface area contributed by atoms with Gasteiger partial charge in [-0.3, -0.25) is 0 Å². The molecule has 0 amide bonds. The average Bonchev–Trinajstić information content (AvgIpc) is 2.40. The molecule has 0 fully saturated rings. The van der Waals surface area contributed by atoms with Crippen LogP contribution in [0.25, 0.3) is 0 Å². The SMILES string of the molecule is C#CC(NC)c1cncn1C. The number of aromatic nitrogens is 2. The molecule has 3 nitrogen and oxygen atoms in total. The van der Waals surface area contributed by atoms with Gasteiger partial charge in [0.05, 0.1) is 18.2 Å². The predicted molar refractivity (Wildman–Crippen MR) is 43.8 cm³/mol. The number of terminal acetylenes is 1. The summed E-state index contributed by atoms with van der Waals surface area (Å²) >= 11 is 0. The summed E-state index contributed by atoms with van der Waals surface area (Å²) in [5, 5.41) is 3.00. The first-order valence-electron chi connectivity index (χ1n) is 3.39. The van der Waals surface area contributed by atoms with E-state index in [1.54, 1.807) is 12.5 Å². The molecule has 1 N–H and O–H groups in total. The van der Waals surface area contributed by atoms with Crippen molar-refractivity contribution in [2.24, 2.45) is 7.05 Å². The molecule has 0 aromatic carbocycles. The first-order valence-corrected chi connectivity index (χ1v) is 3.39. The Morgan fingerprint density at radius 3 is 2.91 bits per heavy atom. The number of aryl methyl sites for hydroxylation is 1. The van der Waals surface area contributed by atoms with E-state index in [-0.39, 0.29) is 6.04 Å². The lowest BCUT2D eigenvalue weighted by Gasteiger charge is -2.08. The molecule has 0 bridgehead atoms. The van der Waals surface area contributed by atoms with E-state index in [1.807, 2.05) is 18.7 Å². The summed E-state index contributed by atoms with van der Waals surface area (Å²) in [4.78, 5) is 3.97. The van der Waals surface area contributed by atoms with Crippen molar-refractivity contribution < 1.29 is 0 Å². The second-order valence-corrected chi connectivity index (χ2v) is 2.32. The van der Waals surface area contributed by atoms with E-state index in [1.165, 1.54) is 0 Å². The van der Waals surface area contributed by atoms with Crippen molar-refractivity contribution in [3.8, 4) is 12.3 Å². The molecule has 0 saturated heterocycles. The third-order valence-electron chi connectivity index (χ3n) is 1.61. The van der Waals surface area contributed by atoms with Gasteiger partial charge in [0, 0.05) is 7.05 Å². The highest BCUT2D eigenvalue weighted by Crippen LogP contribution is 2.08. The van der Waals surface area contributed by atoms with Crippen LogP contribution in [0.3, 0.4) is 0 Å². The number of rotatable bonds is 2. The van der Waals surface area contributed by atoms with E-state index in [0.717, 1.165) is 5.69 Å². The number of nitrogens with zero attached hydrogens (tertiary/aromatic N) is 2. The van der Waals surface area contributed by atoms with Gasteiger partial charge >= 0.3 is 0 Å². The van der Waals surface area contributed by atoms with Crippen LogP contribution in [0.15, 0.2) is 12.5 Å². The molecule has 1 heterocycles. The molecule has 0 aliphatic rings. The predicted octanol–water partition coefficient (Wildman–Crippen LogP) is 0.314. The lowest BCUT2D eigenvalue weighted by molar-refractivity contribution is 0.673. The highest BCUT2D eigenvalue weighted by atomic mass is 15.1. The zero-order valence-corrected chi connectivity index (χ0v) is 6.70. The van der Waals surface area contributed by atoms with Gasteiger partial charge in [-0.05, 0) is 7.05 Å². The van der Waals surface area contributed by atoms with Gasteiger partial charge in [-0.15, -0.1) is 6.42 Å². The van der Waals surface area contributed by atoms with E-state index in [4.69, 9.17) is 6.42 Å². The first kappa shape index (κ1) is 7.83. The average molecular weight is 149 g/mol. The second kappa shape index (κ2) is 3.22. The molecular weight excluding hydrogens is 138 g/mol. The van der Waals surface area contributed by atoms with Crippen molar-refractivity contribution in [2.75, 3.05) is 7.05 Å². The molecule has 1 rings (SSSR count). The van der Waals surface area contributed by atoms with E-state index in [0.29, 0.717) is 0 Å². The maximum atomic E-state index is 5.29. The van der Waals surface area contributed by atoms with Crippen molar-refractivity contribution in [1.82, 2.24) is 14.9 Å².